The molecule has 0 saturated carbocycles. The van der Waals surface area contributed by atoms with Gasteiger partial charge in [0.25, 0.3) is 0 Å². The van der Waals surface area contributed by atoms with Crippen LogP contribution in [-0.4, -0.2) is 80.8 Å². The highest BCUT2D eigenvalue weighted by Gasteiger charge is 2.24. The third-order valence-corrected chi connectivity index (χ3v) is 4.56. The maximum atomic E-state index is 12.4. The second-order valence-electron chi connectivity index (χ2n) is 6.31. The molecule has 2 aliphatic rings. The quantitative estimate of drug-likeness (QED) is 0.775. The van der Waals surface area contributed by atoms with Crippen LogP contribution in [0.3, 0.4) is 0 Å². The summed E-state index contributed by atoms with van der Waals surface area (Å²) in [7, 11) is 0. The minimum absolute atomic E-state index is 0. The van der Waals surface area contributed by atoms with Gasteiger partial charge in [-0.05, 0) is 12.1 Å². The highest BCUT2D eigenvalue weighted by Crippen LogP contribution is 2.10. The summed E-state index contributed by atoms with van der Waals surface area (Å²) in [6.45, 7) is 7.24. The molecule has 26 heavy (non-hydrogen) atoms. The summed E-state index contributed by atoms with van der Waals surface area (Å²) in [5, 5.41) is 3.34. The Morgan fingerprint density at radius 1 is 1.15 bits per heavy atom. The molecule has 1 unspecified atom stereocenters. The molecular weight excluding hydrogens is 377 g/mol. The Morgan fingerprint density at radius 2 is 1.88 bits per heavy atom. The number of ether oxygens (including phenoxy) is 2. The number of hydrogen-bond donors (Lipinski definition) is 1. The molecule has 2 aliphatic heterocycles. The van der Waals surface area contributed by atoms with Crippen molar-refractivity contribution in [3.63, 3.8) is 0 Å². The Bertz CT molecular complexity index is 508. The van der Waals surface area contributed by atoms with Crippen LogP contribution in [0, 0.1) is 0 Å². The first kappa shape index (κ1) is 23.0. The number of piperazine rings is 1. The third-order valence-electron chi connectivity index (χ3n) is 4.56. The maximum Gasteiger partial charge on any atom is 0.224 e. The number of halogens is 2. The SMILES string of the molecule is Cl.Cl.O=C(CC1COCCN1)N1CCN(CCOc2ccccc2)CC1. The maximum absolute atomic E-state index is 12.4. The van der Waals surface area contributed by atoms with Crippen LogP contribution >= 0.6 is 24.8 Å². The zero-order valence-corrected chi connectivity index (χ0v) is 16.6. The molecule has 2 saturated heterocycles. The molecule has 6 nitrogen and oxygen atoms in total. The standard InChI is InChI=1S/C18H27N3O3.2ClH/c22-18(14-16-15-23-12-6-19-16)21-9-7-20(8-10-21)11-13-24-17-4-2-1-3-5-17;;/h1-5,16,19H,6-15H2;2*1H. The largest absolute Gasteiger partial charge is 0.492 e. The van der Waals surface area contributed by atoms with Gasteiger partial charge >= 0.3 is 0 Å². The van der Waals surface area contributed by atoms with E-state index in [2.05, 4.69) is 10.2 Å². The van der Waals surface area contributed by atoms with Crippen molar-refractivity contribution in [2.75, 3.05) is 59.1 Å². The molecular formula is C18H29Cl2N3O3. The topological polar surface area (TPSA) is 54.0 Å². The lowest BCUT2D eigenvalue weighted by Gasteiger charge is -2.35. The number of benzene rings is 1. The minimum atomic E-state index is 0. The van der Waals surface area contributed by atoms with Crippen molar-refractivity contribution in [3.8, 4) is 5.75 Å². The van der Waals surface area contributed by atoms with E-state index in [1.54, 1.807) is 0 Å². The summed E-state index contributed by atoms with van der Waals surface area (Å²) in [4.78, 5) is 16.7. The Hall–Kier alpha value is -1.05. The Morgan fingerprint density at radius 3 is 2.54 bits per heavy atom. The minimum Gasteiger partial charge on any atom is -0.492 e. The molecule has 148 valence electrons. The van der Waals surface area contributed by atoms with Crippen LogP contribution in [0.4, 0.5) is 0 Å². The molecule has 1 aromatic carbocycles. The van der Waals surface area contributed by atoms with Crippen LogP contribution in [0.25, 0.3) is 0 Å². The molecule has 1 aromatic rings. The fourth-order valence-corrected chi connectivity index (χ4v) is 3.12. The first-order valence-electron chi connectivity index (χ1n) is 8.80. The van der Waals surface area contributed by atoms with Gasteiger partial charge in [0.05, 0.1) is 13.2 Å². The molecule has 0 bridgehead atoms. The van der Waals surface area contributed by atoms with Gasteiger partial charge in [-0.15, -0.1) is 24.8 Å². The normalized spacial score (nSPS) is 20.6. The van der Waals surface area contributed by atoms with E-state index in [-0.39, 0.29) is 36.8 Å². The van der Waals surface area contributed by atoms with Crippen LogP contribution in [0.1, 0.15) is 6.42 Å². The first-order chi connectivity index (χ1) is 11.8. The summed E-state index contributed by atoms with van der Waals surface area (Å²) in [5.74, 6) is 1.15. The van der Waals surface area contributed by atoms with Gasteiger partial charge < -0.3 is 19.7 Å². The number of amides is 1. The number of para-hydroxylation sites is 1. The van der Waals surface area contributed by atoms with Gasteiger partial charge in [-0.2, -0.15) is 0 Å². The molecule has 2 heterocycles. The van der Waals surface area contributed by atoms with Crippen LogP contribution in [0.2, 0.25) is 0 Å². The van der Waals surface area contributed by atoms with Crippen molar-refractivity contribution >= 4 is 30.7 Å². The summed E-state index contributed by atoms with van der Waals surface area (Å²) >= 11 is 0. The van der Waals surface area contributed by atoms with E-state index in [0.717, 1.165) is 51.6 Å². The second kappa shape index (κ2) is 12.4. The molecule has 0 aliphatic carbocycles. The average Bonchev–Trinajstić information content (AvgIpc) is 2.64. The van der Waals surface area contributed by atoms with Gasteiger partial charge in [0.15, 0.2) is 0 Å². The monoisotopic (exact) mass is 405 g/mol. The van der Waals surface area contributed by atoms with E-state index in [0.29, 0.717) is 19.6 Å². The molecule has 0 aromatic heterocycles. The average molecular weight is 406 g/mol. The Balaban J connectivity index is 0.00000169. The number of carbonyl (C=O) groups excluding carboxylic acids is 1. The van der Waals surface area contributed by atoms with Crippen molar-refractivity contribution < 1.29 is 14.3 Å². The van der Waals surface area contributed by atoms with Gasteiger partial charge in [-0.3, -0.25) is 9.69 Å². The van der Waals surface area contributed by atoms with Crippen molar-refractivity contribution in [2.45, 2.75) is 12.5 Å². The molecule has 2 fully saturated rings. The molecule has 8 heteroatoms. The number of nitrogens with zero attached hydrogens (tertiary/aromatic N) is 2. The molecule has 1 amide bonds. The van der Waals surface area contributed by atoms with Gasteiger partial charge in [0, 0.05) is 51.7 Å². The zero-order chi connectivity index (χ0) is 16.6. The summed E-state index contributed by atoms with van der Waals surface area (Å²) in [5.41, 5.74) is 0. The first-order valence-corrected chi connectivity index (χ1v) is 8.80. The highest BCUT2D eigenvalue weighted by molar-refractivity contribution is 5.85. The lowest BCUT2D eigenvalue weighted by molar-refractivity contribution is -0.134. The number of morpholine rings is 1. The molecule has 3 rings (SSSR count). The summed E-state index contributed by atoms with van der Waals surface area (Å²) in [6.07, 6.45) is 0.539. The van der Waals surface area contributed by atoms with Crippen LogP contribution in [-0.2, 0) is 9.53 Å². The lowest BCUT2D eigenvalue weighted by Crippen LogP contribution is -2.51. The summed E-state index contributed by atoms with van der Waals surface area (Å²) < 4.78 is 11.2. The Labute approximate surface area is 168 Å². The van der Waals surface area contributed by atoms with E-state index in [1.165, 1.54) is 0 Å². The van der Waals surface area contributed by atoms with E-state index in [9.17, 15) is 4.79 Å². The molecule has 0 spiro atoms. The van der Waals surface area contributed by atoms with E-state index < -0.39 is 0 Å². The summed E-state index contributed by atoms with van der Waals surface area (Å²) in [6, 6.07) is 10.1. The number of carbonyl (C=O) groups is 1. The predicted molar refractivity (Wildman–Crippen MR) is 107 cm³/mol. The molecule has 1 atom stereocenters. The van der Waals surface area contributed by atoms with Crippen molar-refractivity contribution in [3.05, 3.63) is 30.3 Å². The zero-order valence-electron chi connectivity index (χ0n) is 15.0. The number of hydrogen-bond acceptors (Lipinski definition) is 5. The van der Waals surface area contributed by atoms with Gasteiger partial charge in [-0.1, -0.05) is 18.2 Å². The third kappa shape index (κ3) is 7.29. The van der Waals surface area contributed by atoms with Crippen LogP contribution in [0.5, 0.6) is 5.75 Å². The van der Waals surface area contributed by atoms with Crippen LogP contribution in [0.15, 0.2) is 30.3 Å². The second-order valence-corrected chi connectivity index (χ2v) is 6.31. The fourth-order valence-electron chi connectivity index (χ4n) is 3.12. The highest BCUT2D eigenvalue weighted by atomic mass is 35.5. The van der Waals surface area contributed by atoms with Gasteiger partial charge in [-0.25, -0.2) is 0 Å². The van der Waals surface area contributed by atoms with Crippen LogP contribution < -0.4 is 10.1 Å². The van der Waals surface area contributed by atoms with Crippen molar-refractivity contribution in [1.82, 2.24) is 15.1 Å². The van der Waals surface area contributed by atoms with Crippen molar-refractivity contribution in [1.29, 1.82) is 0 Å². The Kier molecular flexibility index (Phi) is 10.9. The van der Waals surface area contributed by atoms with Gasteiger partial charge in [0.2, 0.25) is 5.91 Å². The molecule has 0 radical (unpaired) electrons. The number of rotatable bonds is 6. The van der Waals surface area contributed by atoms with E-state index >= 15 is 0 Å². The predicted octanol–water partition coefficient (Wildman–Crippen LogP) is 1.43. The molecule has 1 N–H and O–H groups in total. The van der Waals surface area contributed by atoms with E-state index in [1.807, 2.05) is 35.2 Å². The van der Waals surface area contributed by atoms with Crippen molar-refractivity contribution in [2.24, 2.45) is 0 Å². The lowest BCUT2D eigenvalue weighted by atomic mass is 10.1. The number of nitrogens with one attached hydrogen (secondary N) is 1. The van der Waals surface area contributed by atoms with Gasteiger partial charge in [0.1, 0.15) is 12.4 Å². The van der Waals surface area contributed by atoms with E-state index in [4.69, 9.17) is 9.47 Å². The fraction of sp³-hybridized carbons (Fsp3) is 0.611. The smallest absolute Gasteiger partial charge is 0.224 e.